The van der Waals surface area contributed by atoms with Crippen LogP contribution in [0.4, 0.5) is 11.5 Å². The zero-order valence-electron chi connectivity index (χ0n) is 20.3. The molecule has 8 nitrogen and oxygen atoms in total. The van der Waals surface area contributed by atoms with Gasteiger partial charge < -0.3 is 14.8 Å². The maximum Gasteiger partial charge on any atom is 0.263 e. The van der Waals surface area contributed by atoms with E-state index in [0.717, 1.165) is 11.1 Å². The molecule has 1 aromatic heterocycles. The van der Waals surface area contributed by atoms with E-state index in [1.54, 1.807) is 61.7 Å². The fourth-order valence-corrected chi connectivity index (χ4v) is 4.48. The van der Waals surface area contributed by atoms with E-state index in [2.05, 4.69) is 15.0 Å². The number of aromatic nitrogens is 1. The average molecular weight is 550 g/mol. The maximum atomic E-state index is 12.5. The number of carbonyl (C=O) groups excluding carboxylic acids is 1. The molecule has 0 radical (unpaired) electrons. The molecule has 194 valence electrons. The Morgan fingerprint density at radius 3 is 2.42 bits per heavy atom. The van der Waals surface area contributed by atoms with Crippen molar-refractivity contribution in [1.29, 1.82) is 0 Å². The Morgan fingerprint density at radius 2 is 1.74 bits per heavy atom. The lowest BCUT2D eigenvalue weighted by atomic mass is 10.2. The predicted molar refractivity (Wildman–Crippen MR) is 148 cm³/mol. The van der Waals surface area contributed by atoms with E-state index in [0.29, 0.717) is 28.8 Å². The van der Waals surface area contributed by atoms with Crippen molar-refractivity contribution in [2.75, 3.05) is 17.1 Å². The number of halogens is 1. The second-order valence-corrected chi connectivity index (χ2v) is 10.1. The van der Waals surface area contributed by atoms with Crippen LogP contribution in [0.3, 0.4) is 0 Å². The van der Waals surface area contributed by atoms with Crippen LogP contribution in [0.2, 0.25) is 5.02 Å². The first kappa shape index (κ1) is 26.7. The van der Waals surface area contributed by atoms with Crippen LogP contribution >= 0.6 is 11.6 Å². The topological polar surface area (TPSA) is 107 Å². The van der Waals surface area contributed by atoms with Crippen molar-refractivity contribution in [1.82, 2.24) is 4.98 Å². The summed E-state index contributed by atoms with van der Waals surface area (Å²) in [6.45, 7) is 0.352. The molecule has 2 N–H and O–H groups in total. The minimum Gasteiger partial charge on any atom is -0.493 e. The Balaban J connectivity index is 1.35. The smallest absolute Gasteiger partial charge is 0.263 e. The highest BCUT2D eigenvalue weighted by Crippen LogP contribution is 2.29. The summed E-state index contributed by atoms with van der Waals surface area (Å²) in [5, 5.41) is 3.36. The number of nitrogens with zero attached hydrogens (tertiary/aromatic N) is 1. The van der Waals surface area contributed by atoms with Gasteiger partial charge in [0, 0.05) is 23.0 Å². The Hall–Kier alpha value is -4.34. The number of hydrogen-bond donors (Lipinski definition) is 2. The Morgan fingerprint density at radius 1 is 0.974 bits per heavy atom. The summed E-state index contributed by atoms with van der Waals surface area (Å²) < 4.78 is 38.7. The van der Waals surface area contributed by atoms with E-state index in [1.165, 1.54) is 36.5 Å². The summed E-state index contributed by atoms with van der Waals surface area (Å²) in [5.74, 6) is 0.927. The zero-order valence-corrected chi connectivity index (χ0v) is 21.9. The first-order valence-corrected chi connectivity index (χ1v) is 13.3. The van der Waals surface area contributed by atoms with E-state index >= 15 is 0 Å². The Bertz CT molecular complexity index is 1530. The van der Waals surface area contributed by atoms with Crippen molar-refractivity contribution in [3.8, 4) is 11.5 Å². The molecule has 4 aromatic rings. The standard InChI is InChI=1S/C28H24ClN3O5S/c1-36-26-18-20(7-15-25(26)37-19-21-5-9-22(29)10-6-21)8-16-28(33)31-23-11-13-24(14-12-23)38(34,35)32-27-4-2-3-17-30-27/h2-18H,19H2,1H3,(H,30,32)(H,31,33). The second-order valence-electron chi connectivity index (χ2n) is 7.99. The van der Waals surface area contributed by atoms with Gasteiger partial charge in [0.05, 0.1) is 12.0 Å². The highest BCUT2D eigenvalue weighted by Gasteiger charge is 2.14. The number of hydrogen-bond acceptors (Lipinski definition) is 6. The first-order valence-electron chi connectivity index (χ1n) is 11.4. The lowest BCUT2D eigenvalue weighted by Gasteiger charge is -2.11. The van der Waals surface area contributed by atoms with Crippen molar-refractivity contribution in [2.45, 2.75) is 11.5 Å². The van der Waals surface area contributed by atoms with Gasteiger partial charge in [0.1, 0.15) is 12.4 Å². The fraction of sp³-hybridized carbons (Fsp3) is 0.0714. The summed E-state index contributed by atoms with van der Waals surface area (Å²) in [6, 6.07) is 23.4. The quantitative estimate of drug-likeness (QED) is 0.243. The van der Waals surface area contributed by atoms with Crippen LogP contribution in [-0.2, 0) is 21.4 Å². The summed E-state index contributed by atoms with van der Waals surface area (Å²) in [5.41, 5.74) is 2.14. The molecular formula is C28H24ClN3O5S. The molecule has 1 amide bonds. The number of ether oxygens (including phenoxy) is 2. The molecule has 0 bridgehead atoms. The predicted octanol–water partition coefficient (Wildman–Crippen LogP) is 5.78. The van der Waals surface area contributed by atoms with Crippen LogP contribution in [0.15, 0.2) is 102 Å². The summed E-state index contributed by atoms with van der Waals surface area (Å²) in [4.78, 5) is 16.4. The number of amides is 1. The number of carbonyl (C=O) groups is 1. The SMILES string of the molecule is COc1cc(C=CC(=O)Nc2ccc(S(=O)(=O)Nc3ccccn3)cc2)ccc1OCc1ccc(Cl)cc1. The van der Waals surface area contributed by atoms with Crippen LogP contribution in [0.5, 0.6) is 11.5 Å². The lowest BCUT2D eigenvalue weighted by molar-refractivity contribution is -0.111. The Labute approximate surface area is 226 Å². The highest BCUT2D eigenvalue weighted by atomic mass is 35.5. The molecule has 4 rings (SSSR count). The van der Waals surface area contributed by atoms with E-state index in [4.69, 9.17) is 21.1 Å². The number of methoxy groups -OCH3 is 1. The van der Waals surface area contributed by atoms with Gasteiger partial charge in [0.15, 0.2) is 11.5 Å². The number of benzene rings is 3. The van der Waals surface area contributed by atoms with Crippen molar-refractivity contribution < 1.29 is 22.7 Å². The maximum absolute atomic E-state index is 12.5. The molecule has 0 saturated heterocycles. The van der Waals surface area contributed by atoms with Gasteiger partial charge in [0.25, 0.3) is 10.0 Å². The van der Waals surface area contributed by atoms with Gasteiger partial charge in [-0.25, -0.2) is 13.4 Å². The molecule has 0 aliphatic rings. The number of anilines is 2. The van der Waals surface area contributed by atoms with Crippen molar-refractivity contribution in [3.05, 3.63) is 113 Å². The summed E-state index contributed by atoms with van der Waals surface area (Å²) >= 11 is 5.92. The van der Waals surface area contributed by atoms with E-state index in [1.807, 2.05) is 12.1 Å². The van der Waals surface area contributed by atoms with Gasteiger partial charge in [-0.2, -0.15) is 0 Å². The van der Waals surface area contributed by atoms with Crippen molar-refractivity contribution in [2.24, 2.45) is 0 Å². The third-order valence-electron chi connectivity index (χ3n) is 5.26. The van der Waals surface area contributed by atoms with Gasteiger partial charge in [-0.05, 0) is 77.9 Å². The van der Waals surface area contributed by atoms with E-state index < -0.39 is 10.0 Å². The second kappa shape index (κ2) is 12.3. The van der Waals surface area contributed by atoms with Gasteiger partial charge >= 0.3 is 0 Å². The molecule has 0 saturated carbocycles. The van der Waals surface area contributed by atoms with Crippen molar-refractivity contribution in [3.63, 3.8) is 0 Å². The number of nitrogens with one attached hydrogen (secondary N) is 2. The minimum atomic E-state index is -3.80. The molecule has 0 aliphatic heterocycles. The summed E-state index contributed by atoms with van der Waals surface area (Å²) in [6.07, 6.45) is 4.50. The zero-order chi connectivity index (χ0) is 27.0. The van der Waals surface area contributed by atoms with Crippen LogP contribution in [0.25, 0.3) is 6.08 Å². The van der Waals surface area contributed by atoms with Crippen LogP contribution in [0, 0.1) is 0 Å². The van der Waals surface area contributed by atoms with E-state index in [9.17, 15) is 13.2 Å². The molecule has 38 heavy (non-hydrogen) atoms. The van der Waals surface area contributed by atoms with Crippen LogP contribution in [-0.4, -0.2) is 26.4 Å². The normalized spacial score (nSPS) is 11.2. The van der Waals surface area contributed by atoms with Gasteiger partial charge in [-0.3, -0.25) is 9.52 Å². The average Bonchev–Trinajstić information content (AvgIpc) is 2.92. The first-order chi connectivity index (χ1) is 18.3. The molecular weight excluding hydrogens is 526 g/mol. The molecule has 0 atom stereocenters. The number of rotatable bonds is 10. The fourth-order valence-electron chi connectivity index (χ4n) is 3.34. The molecule has 10 heteroatoms. The molecule has 3 aromatic carbocycles. The van der Waals surface area contributed by atoms with Crippen LogP contribution < -0.4 is 19.5 Å². The third kappa shape index (κ3) is 7.34. The monoisotopic (exact) mass is 549 g/mol. The molecule has 0 aliphatic carbocycles. The minimum absolute atomic E-state index is 0.0437. The van der Waals surface area contributed by atoms with Crippen molar-refractivity contribution >= 4 is 45.1 Å². The van der Waals surface area contributed by atoms with E-state index in [-0.39, 0.29) is 16.6 Å². The van der Waals surface area contributed by atoms with Crippen LogP contribution in [0.1, 0.15) is 11.1 Å². The van der Waals surface area contributed by atoms with Gasteiger partial charge in [0.2, 0.25) is 5.91 Å². The number of sulfonamides is 1. The molecule has 0 spiro atoms. The largest absolute Gasteiger partial charge is 0.493 e. The summed E-state index contributed by atoms with van der Waals surface area (Å²) in [7, 11) is -2.26. The third-order valence-corrected chi connectivity index (χ3v) is 6.88. The number of pyridine rings is 1. The van der Waals surface area contributed by atoms with Gasteiger partial charge in [-0.15, -0.1) is 0 Å². The molecule has 0 unspecified atom stereocenters. The molecule has 1 heterocycles. The molecule has 0 fully saturated rings. The Kier molecular flexibility index (Phi) is 8.62. The van der Waals surface area contributed by atoms with Gasteiger partial charge in [-0.1, -0.05) is 35.9 Å². The highest BCUT2D eigenvalue weighted by molar-refractivity contribution is 7.92. The lowest BCUT2D eigenvalue weighted by Crippen LogP contribution is -2.14.